The second-order valence-electron chi connectivity index (χ2n) is 7.12. The van der Waals surface area contributed by atoms with Crippen molar-refractivity contribution in [1.82, 2.24) is 4.57 Å². The maximum Gasteiger partial charge on any atom is 0.224 e. The van der Waals surface area contributed by atoms with Crippen LogP contribution in [0.5, 0.6) is 0 Å². The van der Waals surface area contributed by atoms with Crippen LogP contribution in [0, 0.1) is 0 Å². The van der Waals surface area contributed by atoms with Crippen molar-refractivity contribution < 1.29 is 4.79 Å². The molecule has 1 aliphatic heterocycles. The molecule has 1 amide bonds. The SMILES string of the molecule is CC(=O)N1c2ccc3ccccc3c2C=CC1c1cn(C)c2ccccc12. The van der Waals surface area contributed by atoms with Gasteiger partial charge < -0.3 is 9.47 Å². The number of aryl methyl sites for hydroxylation is 1. The van der Waals surface area contributed by atoms with Crippen LogP contribution < -0.4 is 4.90 Å². The zero-order chi connectivity index (χ0) is 18.5. The summed E-state index contributed by atoms with van der Waals surface area (Å²) in [5.74, 6) is 0.0498. The first kappa shape index (κ1) is 15.9. The molecule has 3 heteroatoms. The van der Waals surface area contributed by atoms with Crippen LogP contribution in [0.15, 0.2) is 72.9 Å². The van der Waals surface area contributed by atoms with Crippen LogP contribution in [0.2, 0.25) is 0 Å². The van der Waals surface area contributed by atoms with Gasteiger partial charge in [0, 0.05) is 42.2 Å². The fourth-order valence-electron chi connectivity index (χ4n) is 4.31. The number of rotatable bonds is 1. The predicted molar refractivity (Wildman–Crippen MR) is 112 cm³/mol. The van der Waals surface area contributed by atoms with Crippen molar-refractivity contribution in [2.45, 2.75) is 13.0 Å². The Balaban J connectivity index is 1.75. The summed E-state index contributed by atoms with van der Waals surface area (Å²) in [4.78, 5) is 14.6. The highest BCUT2D eigenvalue weighted by Crippen LogP contribution is 2.41. The van der Waals surface area contributed by atoms with Crippen LogP contribution in [0.4, 0.5) is 5.69 Å². The summed E-state index contributed by atoms with van der Waals surface area (Å²) in [7, 11) is 2.05. The van der Waals surface area contributed by atoms with Gasteiger partial charge in [-0.2, -0.15) is 0 Å². The van der Waals surface area contributed by atoms with Crippen molar-refractivity contribution in [2.24, 2.45) is 7.05 Å². The third-order valence-electron chi connectivity index (χ3n) is 5.52. The fourth-order valence-corrected chi connectivity index (χ4v) is 4.31. The monoisotopic (exact) mass is 352 g/mol. The van der Waals surface area contributed by atoms with Gasteiger partial charge in [0.25, 0.3) is 0 Å². The first-order valence-corrected chi connectivity index (χ1v) is 9.19. The minimum Gasteiger partial charge on any atom is -0.350 e. The number of amides is 1. The van der Waals surface area contributed by atoms with Crippen LogP contribution in [0.3, 0.4) is 0 Å². The second kappa shape index (κ2) is 5.85. The summed E-state index contributed by atoms with van der Waals surface area (Å²) in [5.41, 5.74) is 4.41. The first-order valence-electron chi connectivity index (χ1n) is 9.19. The number of hydrogen-bond donors (Lipinski definition) is 0. The lowest BCUT2D eigenvalue weighted by atomic mass is 9.93. The number of anilines is 1. The number of para-hydroxylation sites is 1. The van der Waals surface area contributed by atoms with Gasteiger partial charge in [0.2, 0.25) is 5.91 Å². The Kier molecular flexibility index (Phi) is 3.44. The highest BCUT2D eigenvalue weighted by molar-refractivity contribution is 6.04. The molecule has 1 atom stereocenters. The van der Waals surface area contributed by atoms with Crippen LogP contribution >= 0.6 is 0 Å². The number of benzene rings is 3. The van der Waals surface area contributed by atoms with Crippen molar-refractivity contribution >= 4 is 39.3 Å². The number of aromatic nitrogens is 1. The lowest BCUT2D eigenvalue weighted by molar-refractivity contribution is -0.116. The molecule has 0 saturated heterocycles. The summed E-state index contributed by atoms with van der Waals surface area (Å²) in [6, 6.07) is 20.7. The number of carbonyl (C=O) groups excluding carboxylic acids is 1. The minimum atomic E-state index is -0.109. The molecule has 27 heavy (non-hydrogen) atoms. The summed E-state index contributed by atoms with van der Waals surface area (Å²) < 4.78 is 2.13. The van der Waals surface area contributed by atoms with E-state index in [0.29, 0.717) is 0 Å². The van der Waals surface area contributed by atoms with Gasteiger partial charge in [-0.15, -0.1) is 0 Å². The molecule has 5 rings (SSSR count). The molecule has 2 heterocycles. The summed E-state index contributed by atoms with van der Waals surface area (Å²) >= 11 is 0. The van der Waals surface area contributed by atoms with E-state index in [0.717, 1.165) is 16.8 Å². The molecule has 0 radical (unpaired) electrons. The highest BCUT2D eigenvalue weighted by atomic mass is 16.2. The average molecular weight is 352 g/mol. The smallest absolute Gasteiger partial charge is 0.224 e. The van der Waals surface area contributed by atoms with Crippen molar-refractivity contribution in [3.63, 3.8) is 0 Å². The van der Waals surface area contributed by atoms with Gasteiger partial charge in [0.15, 0.2) is 0 Å². The molecule has 3 nitrogen and oxygen atoms in total. The Morgan fingerprint density at radius 3 is 2.48 bits per heavy atom. The number of hydrogen-bond acceptors (Lipinski definition) is 1. The highest BCUT2D eigenvalue weighted by Gasteiger charge is 2.29. The van der Waals surface area contributed by atoms with Gasteiger partial charge in [0.05, 0.1) is 11.7 Å². The van der Waals surface area contributed by atoms with E-state index in [-0.39, 0.29) is 11.9 Å². The van der Waals surface area contributed by atoms with Gasteiger partial charge in [-0.05, 0) is 22.9 Å². The van der Waals surface area contributed by atoms with E-state index in [2.05, 4.69) is 72.4 Å². The third kappa shape index (κ3) is 2.32. The van der Waals surface area contributed by atoms with Gasteiger partial charge in [-0.3, -0.25) is 4.79 Å². The molecule has 0 aliphatic carbocycles. The molecule has 1 aliphatic rings. The Bertz CT molecular complexity index is 1230. The van der Waals surface area contributed by atoms with E-state index in [4.69, 9.17) is 0 Å². The summed E-state index contributed by atoms with van der Waals surface area (Å²) in [5, 5.41) is 3.55. The van der Waals surface area contributed by atoms with Gasteiger partial charge in [-0.25, -0.2) is 0 Å². The molecule has 0 bridgehead atoms. The molecule has 0 N–H and O–H groups in total. The van der Waals surface area contributed by atoms with Gasteiger partial charge >= 0.3 is 0 Å². The average Bonchev–Trinajstić information content (AvgIpc) is 3.03. The molecule has 3 aromatic carbocycles. The van der Waals surface area contributed by atoms with E-state index >= 15 is 0 Å². The minimum absolute atomic E-state index is 0.0498. The molecular weight excluding hydrogens is 332 g/mol. The topological polar surface area (TPSA) is 25.2 Å². The third-order valence-corrected chi connectivity index (χ3v) is 5.52. The molecule has 1 unspecified atom stereocenters. The Labute approximate surface area is 158 Å². The quantitative estimate of drug-likeness (QED) is 0.447. The van der Waals surface area contributed by atoms with Crippen molar-refractivity contribution in [1.29, 1.82) is 0 Å². The van der Waals surface area contributed by atoms with Gasteiger partial charge in [-0.1, -0.05) is 60.7 Å². The number of carbonyl (C=O) groups is 1. The molecule has 1 aromatic heterocycles. The lowest BCUT2D eigenvalue weighted by Crippen LogP contribution is -2.34. The van der Waals surface area contributed by atoms with E-state index < -0.39 is 0 Å². The fraction of sp³-hybridized carbons (Fsp3) is 0.125. The van der Waals surface area contributed by atoms with Crippen LogP contribution in [-0.2, 0) is 11.8 Å². The van der Waals surface area contributed by atoms with Crippen LogP contribution in [0.25, 0.3) is 27.8 Å². The number of nitrogens with zero attached hydrogens (tertiary/aromatic N) is 2. The molecular formula is C24H20N2O. The Hall–Kier alpha value is -3.33. The van der Waals surface area contributed by atoms with Crippen molar-refractivity contribution in [2.75, 3.05) is 4.90 Å². The van der Waals surface area contributed by atoms with E-state index in [1.54, 1.807) is 6.92 Å². The molecule has 4 aromatic rings. The van der Waals surface area contributed by atoms with Crippen LogP contribution in [-0.4, -0.2) is 10.5 Å². The molecule has 0 fully saturated rings. The first-order chi connectivity index (χ1) is 13.1. The zero-order valence-corrected chi connectivity index (χ0v) is 15.4. The van der Waals surface area contributed by atoms with Crippen LogP contribution in [0.1, 0.15) is 24.1 Å². The maximum atomic E-state index is 12.7. The van der Waals surface area contributed by atoms with E-state index in [1.807, 2.05) is 23.1 Å². The maximum absolute atomic E-state index is 12.7. The van der Waals surface area contributed by atoms with Crippen molar-refractivity contribution in [3.05, 3.63) is 84.1 Å². The Morgan fingerprint density at radius 2 is 1.67 bits per heavy atom. The normalized spacial score (nSPS) is 16.1. The zero-order valence-electron chi connectivity index (χ0n) is 15.4. The molecule has 132 valence electrons. The standard InChI is InChI=1S/C24H20N2O/c1-16(27)26-23-13-11-17-7-3-4-8-18(17)20(23)12-14-24(26)21-15-25(2)22-10-6-5-9-19(21)22/h3-15,24H,1-2H3. The summed E-state index contributed by atoms with van der Waals surface area (Å²) in [6.07, 6.45) is 6.46. The largest absolute Gasteiger partial charge is 0.350 e. The predicted octanol–water partition coefficient (Wildman–Crippen LogP) is 5.45. The number of fused-ring (bicyclic) bond motifs is 4. The molecule has 0 spiro atoms. The lowest BCUT2D eigenvalue weighted by Gasteiger charge is -2.34. The molecule has 0 saturated carbocycles. The second-order valence-corrected chi connectivity index (χ2v) is 7.12. The summed E-state index contributed by atoms with van der Waals surface area (Å²) in [6.45, 7) is 1.65. The van der Waals surface area contributed by atoms with Crippen molar-refractivity contribution in [3.8, 4) is 0 Å². The van der Waals surface area contributed by atoms with Gasteiger partial charge in [0.1, 0.15) is 0 Å². The Morgan fingerprint density at radius 1 is 0.926 bits per heavy atom. The van der Waals surface area contributed by atoms with E-state index in [9.17, 15) is 4.79 Å². The van der Waals surface area contributed by atoms with E-state index in [1.165, 1.54) is 21.7 Å².